The van der Waals surface area contributed by atoms with E-state index in [9.17, 15) is 5.11 Å². The number of piperazine rings is 1. The normalized spacial score (nSPS) is 15.5. The van der Waals surface area contributed by atoms with E-state index in [2.05, 4.69) is 36.1 Å². The van der Waals surface area contributed by atoms with Gasteiger partial charge in [0.15, 0.2) is 11.5 Å². The molecule has 1 atom stereocenters. The zero-order valence-electron chi connectivity index (χ0n) is 20.4. The molecule has 3 heterocycles. The first kappa shape index (κ1) is 25.0. The van der Waals surface area contributed by atoms with Crippen molar-refractivity contribution in [1.29, 1.82) is 5.26 Å². The molecule has 11 heteroatoms. The number of H-pyrrole nitrogens is 1. The zero-order chi connectivity index (χ0) is 25.8. The maximum absolute atomic E-state index is 10.6. The van der Waals surface area contributed by atoms with Crippen molar-refractivity contribution in [2.75, 3.05) is 58.3 Å². The first-order valence-corrected chi connectivity index (χ1v) is 12.4. The molecule has 1 unspecified atom stereocenters. The summed E-state index contributed by atoms with van der Waals surface area (Å²) >= 11 is 6.28. The van der Waals surface area contributed by atoms with Gasteiger partial charge in [0.25, 0.3) is 0 Å². The van der Waals surface area contributed by atoms with Crippen LogP contribution in [0.25, 0.3) is 21.8 Å². The number of nitrogens with zero attached hydrogens (tertiary/aromatic N) is 5. The van der Waals surface area contributed by atoms with E-state index in [-0.39, 0.29) is 6.61 Å². The van der Waals surface area contributed by atoms with Crippen LogP contribution in [0.4, 0.5) is 11.5 Å². The number of ether oxygens (including phenoxy) is 2. The first-order valence-electron chi connectivity index (χ1n) is 12.0. The summed E-state index contributed by atoms with van der Waals surface area (Å²) in [5.74, 6) is 1.63. The standard InChI is InChI=1S/C26H28ClN7O3/c1-36-23-11-19-22(12-24(23)37-15-17(35)14-34-9-7-33(6-5-28)8-10-34)30-16-31-26(19)32-21-4-2-3-18-20(27)13-29-25(18)21/h2-4,11-13,16-17,29,35H,6-10,14-15H2,1H3,(H,30,31,32). The lowest BCUT2D eigenvalue weighted by molar-refractivity contribution is 0.0478. The number of anilines is 2. The number of nitriles is 1. The van der Waals surface area contributed by atoms with Gasteiger partial charge in [0.2, 0.25) is 0 Å². The Hall–Kier alpha value is -3.62. The number of para-hydroxylation sites is 1. The summed E-state index contributed by atoms with van der Waals surface area (Å²) in [6, 6.07) is 11.6. The highest BCUT2D eigenvalue weighted by Gasteiger charge is 2.20. The van der Waals surface area contributed by atoms with E-state index in [0.717, 1.165) is 48.2 Å². The molecule has 1 aliphatic heterocycles. The average molecular weight is 522 g/mol. The third kappa shape index (κ3) is 5.55. The van der Waals surface area contributed by atoms with Crippen LogP contribution in [-0.4, -0.2) is 88.9 Å². The number of rotatable bonds is 9. The second kappa shape index (κ2) is 11.2. The van der Waals surface area contributed by atoms with Gasteiger partial charge in [-0.15, -0.1) is 0 Å². The van der Waals surface area contributed by atoms with Crippen LogP contribution in [0.15, 0.2) is 42.9 Å². The summed E-state index contributed by atoms with van der Waals surface area (Å²) in [6.07, 6.45) is 2.58. The van der Waals surface area contributed by atoms with Crippen LogP contribution in [0, 0.1) is 11.3 Å². The molecule has 0 spiro atoms. The number of aliphatic hydroxyl groups excluding tert-OH is 1. The maximum Gasteiger partial charge on any atom is 0.163 e. The van der Waals surface area contributed by atoms with Crippen LogP contribution in [0.3, 0.4) is 0 Å². The summed E-state index contributed by atoms with van der Waals surface area (Å²) in [7, 11) is 1.57. The molecule has 0 saturated carbocycles. The van der Waals surface area contributed by atoms with Crippen LogP contribution in [0.5, 0.6) is 11.5 Å². The Balaban J connectivity index is 1.29. The maximum atomic E-state index is 10.6. The number of fused-ring (bicyclic) bond motifs is 2. The molecule has 0 radical (unpaired) electrons. The average Bonchev–Trinajstić information content (AvgIpc) is 3.30. The molecule has 0 amide bonds. The molecule has 1 saturated heterocycles. The largest absolute Gasteiger partial charge is 0.493 e. The number of β-amino-alcohol motifs (C(OH)–C–C–N with tert-alkyl or cyclic N) is 1. The van der Waals surface area contributed by atoms with Gasteiger partial charge in [-0.25, -0.2) is 9.97 Å². The second-order valence-corrected chi connectivity index (χ2v) is 9.34. The smallest absolute Gasteiger partial charge is 0.163 e. The van der Waals surface area contributed by atoms with Gasteiger partial charge in [-0.1, -0.05) is 23.7 Å². The number of aliphatic hydroxyl groups is 1. The fraction of sp³-hybridized carbons (Fsp3) is 0.346. The summed E-state index contributed by atoms with van der Waals surface area (Å²) in [6.45, 7) is 4.33. The van der Waals surface area contributed by atoms with E-state index in [1.54, 1.807) is 19.4 Å². The van der Waals surface area contributed by atoms with Crippen molar-refractivity contribution in [2.45, 2.75) is 6.10 Å². The van der Waals surface area contributed by atoms with Crippen molar-refractivity contribution < 1.29 is 14.6 Å². The number of hydrogen-bond donors (Lipinski definition) is 3. The van der Waals surface area contributed by atoms with Gasteiger partial charge >= 0.3 is 0 Å². The van der Waals surface area contributed by atoms with Gasteiger partial charge in [0.05, 0.1) is 41.5 Å². The fourth-order valence-electron chi connectivity index (χ4n) is 4.55. The molecule has 10 nitrogen and oxygen atoms in total. The topological polar surface area (TPSA) is 123 Å². The molecule has 2 aromatic carbocycles. The van der Waals surface area contributed by atoms with E-state index in [1.807, 2.05) is 24.3 Å². The monoisotopic (exact) mass is 521 g/mol. The van der Waals surface area contributed by atoms with Gasteiger partial charge < -0.3 is 24.9 Å². The fourth-order valence-corrected chi connectivity index (χ4v) is 4.77. The molecule has 4 aromatic rings. The highest BCUT2D eigenvalue weighted by atomic mass is 35.5. The van der Waals surface area contributed by atoms with Crippen molar-refractivity contribution in [3.05, 3.63) is 47.9 Å². The summed E-state index contributed by atoms with van der Waals surface area (Å²) in [5, 5.41) is 25.1. The Morgan fingerprint density at radius 1 is 1.16 bits per heavy atom. The predicted molar refractivity (Wildman–Crippen MR) is 143 cm³/mol. The molecular formula is C26H28ClN7O3. The van der Waals surface area contributed by atoms with Crippen LogP contribution < -0.4 is 14.8 Å². The van der Waals surface area contributed by atoms with Crippen molar-refractivity contribution in [3.8, 4) is 17.6 Å². The minimum atomic E-state index is -0.668. The van der Waals surface area contributed by atoms with Crippen LogP contribution in [0.2, 0.25) is 5.02 Å². The molecular weight excluding hydrogens is 494 g/mol. The number of methoxy groups -OCH3 is 1. The van der Waals surface area contributed by atoms with Gasteiger partial charge in [0, 0.05) is 55.8 Å². The lowest BCUT2D eigenvalue weighted by atomic mass is 10.2. The van der Waals surface area contributed by atoms with E-state index >= 15 is 0 Å². The third-order valence-electron chi connectivity index (χ3n) is 6.50. The summed E-state index contributed by atoms with van der Waals surface area (Å²) in [4.78, 5) is 16.3. The van der Waals surface area contributed by atoms with Crippen molar-refractivity contribution in [2.24, 2.45) is 0 Å². The van der Waals surface area contributed by atoms with Gasteiger partial charge in [-0.2, -0.15) is 5.26 Å². The molecule has 1 aliphatic rings. The van der Waals surface area contributed by atoms with Crippen LogP contribution >= 0.6 is 11.6 Å². The highest BCUT2D eigenvalue weighted by Crippen LogP contribution is 2.36. The lowest BCUT2D eigenvalue weighted by Crippen LogP contribution is -2.49. The number of nitrogens with one attached hydrogen (secondary N) is 2. The minimum absolute atomic E-state index is 0.117. The second-order valence-electron chi connectivity index (χ2n) is 8.93. The number of aromatic amines is 1. The quantitative estimate of drug-likeness (QED) is 0.284. The number of aromatic nitrogens is 3. The third-order valence-corrected chi connectivity index (χ3v) is 6.81. The molecule has 2 aromatic heterocycles. The van der Waals surface area contributed by atoms with Crippen molar-refractivity contribution in [3.63, 3.8) is 0 Å². The highest BCUT2D eigenvalue weighted by molar-refractivity contribution is 6.36. The molecule has 5 rings (SSSR count). The lowest BCUT2D eigenvalue weighted by Gasteiger charge is -2.34. The van der Waals surface area contributed by atoms with E-state index < -0.39 is 6.10 Å². The number of halogens is 1. The van der Waals surface area contributed by atoms with Gasteiger partial charge in [-0.3, -0.25) is 9.80 Å². The Morgan fingerprint density at radius 2 is 1.97 bits per heavy atom. The van der Waals surface area contributed by atoms with E-state index in [4.69, 9.17) is 26.3 Å². The van der Waals surface area contributed by atoms with E-state index in [0.29, 0.717) is 40.9 Å². The summed E-state index contributed by atoms with van der Waals surface area (Å²) < 4.78 is 11.6. The Kier molecular flexibility index (Phi) is 7.58. The van der Waals surface area contributed by atoms with Crippen LogP contribution in [-0.2, 0) is 0 Å². The number of hydrogen-bond acceptors (Lipinski definition) is 9. The number of benzene rings is 2. The molecule has 0 aliphatic carbocycles. The predicted octanol–water partition coefficient (Wildman–Crippen LogP) is 3.40. The molecule has 0 bridgehead atoms. The SMILES string of the molecule is COc1cc2c(Nc3cccc4c(Cl)c[nH]c34)ncnc2cc1OCC(O)CN1CCN(CC#N)CC1. The van der Waals surface area contributed by atoms with Crippen molar-refractivity contribution >= 4 is 44.9 Å². The minimum Gasteiger partial charge on any atom is -0.493 e. The van der Waals surface area contributed by atoms with Gasteiger partial charge in [0.1, 0.15) is 24.9 Å². The molecule has 37 heavy (non-hydrogen) atoms. The van der Waals surface area contributed by atoms with Gasteiger partial charge in [-0.05, 0) is 12.1 Å². The Morgan fingerprint density at radius 3 is 2.76 bits per heavy atom. The first-order chi connectivity index (χ1) is 18.1. The zero-order valence-corrected chi connectivity index (χ0v) is 21.2. The van der Waals surface area contributed by atoms with Crippen LogP contribution in [0.1, 0.15) is 0 Å². The summed E-state index contributed by atoms with van der Waals surface area (Å²) in [5.41, 5.74) is 2.39. The molecule has 192 valence electrons. The Bertz CT molecular complexity index is 1430. The van der Waals surface area contributed by atoms with E-state index in [1.165, 1.54) is 6.33 Å². The molecule has 3 N–H and O–H groups in total. The molecule has 1 fully saturated rings. The van der Waals surface area contributed by atoms with Crippen molar-refractivity contribution in [1.82, 2.24) is 24.8 Å². The Labute approximate surface area is 219 Å².